The molecule has 0 bridgehead atoms. The average Bonchev–Trinajstić information content (AvgIpc) is 2.92. The first-order valence-corrected chi connectivity index (χ1v) is 7.66. The molecule has 3 aromatic rings. The van der Waals surface area contributed by atoms with Crippen LogP contribution in [0.4, 0.5) is 10.7 Å². The van der Waals surface area contributed by atoms with Crippen LogP contribution in [-0.4, -0.2) is 11.0 Å². The number of fused-ring (bicyclic) bond motifs is 1. The quantitative estimate of drug-likeness (QED) is 0.750. The maximum atomic E-state index is 5.80. The SMILES string of the molecule is CCOc1ccc(Nc2snc3ccccc23)cc1CN. The highest BCUT2D eigenvalue weighted by Gasteiger charge is 2.08. The first-order valence-electron chi connectivity index (χ1n) is 6.89. The Kier molecular flexibility index (Phi) is 4.03. The van der Waals surface area contributed by atoms with Gasteiger partial charge in [-0.15, -0.1) is 0 Å². The molecule has 2 aromatic carbocycles. The highest BCUT2D eigenvalue weighted by Crippen LogP contribution is 2.31. The Labute approximate surface area is 127 Å². The van der Waals surface area contributed by atoms with Gasteiger partial charge >= 0.3 is 0 Å². The highest BCUT2D eigenvalue weighted by atomic mass is 32.1. The Bertz CT molecular complexity index is 754. The molecular weight excluding hydrogens is 282 g/mol. The molecule has 1 aromatic heterocycles. The predicted molar refractivity (Wildman–Crippen MR) is 88.4 cm³/mol. The van der Waals surface area contributed by atoms with Crippen molar-refractivity contribution in [2.45, 2.75) is 13.5 Å². The minimum atomic E-state index is 0.453. The molecular formula is C16H17N3OS. The number of nitrogens with two attached hydrogens (primary N) is 1. The van der Waals surface area contributed by atoms with E-state index in [2.05, 4.69) is 15.8 Å². The second-order valence-corrected chi connectivity index (χ2v) is 5.39. The summed E-state index contributed by atoms with van der Waals surface area (Å²) in [6.07, 6.45) is 0. The van der Waals surface area contributed by atoms with Gasteiger partial charge in [0.2, 0.25) is 0 Å². The molecule has 5 heteroatoms. The number of nitrogens with one attached hydrogen (secondary N) is 1. The van der Waals surface area contributed by atoms with Gasteiger partial charge in [-0.1, -0.05) is 12.1 Å². The third-order valence-corrected chi connectivity index (χ3v) is 4.01. The normalized spacial score (nSPS) is 10.8. The summed E-state index contributed by atoms with van der Waals surface area (Å²) in [4.78, 5) is 0. The number of rotatable bonds is 5. The Morgan fingerprint density at radius 1 is 1.24 bits per heavy atom. The minimum Gasteiger partial charge on any atom is -0.494 e. The molecule has 21 heavy (non-hydrogen) atoms. The fourth-order valence-corrected chi connectivity index (χ4v) is 3.01. The Balaban J connectivity index is 1.91. The van der Waals surface area contributed by atoms with Crippen LogP contribution in [0.15, 0.2) is 42.5 Å². The van der Waals surface area contributed by atoms with Crippen LogP contribution in [0.5, 0.6) is 5.75 Å². The van der Waals surface area contributed by atoms with Crippen LogP contribution < -0.4 is 15.8 Å². The molecule has 0 radical (unpaired) electrons. The monoisotopic (exact) mass is 299 g/mol. The van der Waals surface area contributed by atoms with Crippen molar-refractivity contribution >= 4 is 33.1 Å². The van der Waals surface area contributed by atoms with E-state index in [1.54, 1.807) is 0 Å². The maximum absolute atomic E-state index is 5.80. The average molecular weight is 299 g/mol. The third-order valence-electron chi connectivity index (χ3n) is 3.22. The summed E-state index contributed by atoms with van der Waals surface area (Å²) in [7, 11) is 0. The summed E-state index contributed by atoms with van der Waals surface area (Å²) < 4.78 is 10.0. The number of benzene rings is 2. The minimum absolute atomic E-state index is 0.453. The van der Waals surface area contributed by atoms with E-state index in [1.807, 2.05) is 43.3 Å². The van der Waals surface area contributed by atoms with E-state index in [0.717, 1.165) is 32.9 Å². The second kappa shape index (κ2) is 6.11. The smallest absolute Gasteiger partial charge is 0.123 e. The molecule has 0 unspecified atom stereocenters. The van der Waals surface area contributed by atoms with Gasteiger partial charge in [0.15, 0.2) is 0 Å². The molecule has 3 N–H and O–H groups in total. The Morgan fingerprint density at radius 2 is 2.10 bits per heavy atom. The van der Waals surface area contributed by atoms with Crippen molar-refractivity contribution in [2.24, 2.45) is 5.73 Å². The molecule has 0 fully saturated rings. The number of hydrogen-bond acceptors (Lipinski definition) is 5. The van der Waals surface area contributed by atoms with E-state index in [-0.39, 0.29) is 0 Å². The van der Waals surface area contributed by atoms with Crippen molar-refractivity contribution in [3.63, 3.8) is 0 Å². The van der Waals surface area contributed by atoms with Crippen molar-refractivity contribution in [3.8, 4) is 5.75 Å². The first kappa shape index (κ1) is 13.9. The van der Waals surface area contributed by atoms with Gasteiger partial charge in [0, 0.05) is 23.2 Å². The molecule has 0 aliphatic heterocycles. The van der Waals surface area contributed by atoms with Crippen LogP contribution in [-0.2, 0) is 6.54 Å². The van der Waals surface area contributed by atoms with Gasteiger partial charge in [0.1, 0.15) is 10.8 Å². The molecule has 108 valence electrons. The first-order chi connectivity index (χ1) is 10.3. The van der Waals surface area contributed by atoms with Crippen molar-refractivity contribution < 1.29 is 4.74 Å². The number of aromatic nitrogens is 1. The van der Waals surface area contributed by atoms with Crippen molar-refractivity contribution in [3.05, 3.63) is 48.0 Å². The van der Waals surface area contributed by atoms with E-state index in [9.17, 15) is 0 Å². The third kappa shape index (κ3) is 2.84. The van der Waals surface area contributed by atoms with Crippen LogP contribution in [0.2, 0.25) is 0 Å². The van der Waals surface area contributed by atoms with Gasteiger partial charge in [0.25, 0.3) is 0 Å². The van der Waals surface area contributed by atoms with Gasteiger partial charge in [0.05, 0.1) is 12.1 Å². The van der Waals surface area contributed by atoms with Crippen LogP contribution in [0.25, 0.3) is 10.9 Å². The molecule has 1 heterocycles. The van der Waals surface area contributed by atoms with Crippen LogP contribution in [0.1, 0.15) is 12.5 Å². The molecule has 0 aliphatic rings. The lowest BCUT2D eigenvalue weighted by molar-refractivity contribution is 0.336. The Morgan fingerprint density at radius 3 is 2.90 bits per heavy atom. The summed E-state index contributed by atoms with van der Waals surface area (Å²) in [5, 5.41) is 5.59. The zero-order chi connectivity index (χ0) is 14.7. The zero-order valence-corrected chi connectivity index (χ0v) is 12.6. The van der Waals surface area contributed by atoms with Crippen LogP contribution in [0, 0.1) is 0 Å². The largest absolute Gasteiger partial charge is 0.494 e. The summed E-state index contributed by atoms with van der Waals surface area (Å²) >= 11 is 1.46. The topological polar surface area (TPSA) is 60.2 Å². The highest BCUT2D eigenvalue weighted by molar-refractivity contribution is 7.11. The van der Waals surface area contributed by atoms with Crippen molar-refractivity contribution in [2.75, 3.05) is 11.9 Å². The molecule has 0 amide bonds. The molecule has 0 spiro atoms. The standard InChI is InChI=1S/C16H17N3OS/c1-2-20-15-8-7-12(9-11(15)10-17)18-16-13-5-3-4-6-14(13)19-21-16/h3-9,18H,2,10,17H2,1H3. The Hall–Kier alpha value is -2.11. The van der Waals surface area contributed by atoms with Crippen LogP contribution >= 0.6 is 11.5 Å². The van der Waals surface area contributed by atoms with Crippen molar-refractivity contribution in [1.29, 1.82) is 0 Å². The lowest BCUT2D eigenvalue weighted by Gasteiger charge is -2.11. The lowest BCUT2D eigenvalue weighted by Crippen LogP contribution is -2.03. The summed E-state index contributed by atoms with van der Waals surface area (Å²) in [5.74, 6) is 0.847. The predicted octanol–water partition coefficient (Wildman–Crippen LogP) is 3.90. The van der Waals surface area contributed by atoms with E-state index in [0.29, 0.717) is 13.2 Å². The fourth-order valence-electron chi connectivity index (χ4n) is 2.22. The van der Waals surface area contributed by atoms with Gasteiger partial charge in [-0.2, -0.15) is 4.37 Å². The maximum Gasteiger partial charge on any atom is 0.123 e. The van der Waals surface area contributed by atoms with Gasteiger partial charge < -0.3 is 15.8 Å². The van der Waals surface area contributed by atoms with Gasteiger partial charge in [-0.3, -0.25) is 0 Å². The van der Waals surface area contributed by atoms with E-state index < -0.39 is 0 Å². The summed E-state index contributed by atoms with van der Waals surface area (Å²) in [6.45, 7) is 3.06. The molecule has 3 rings (SSSR count). The molecule has 0 atom stereocenters. The van der Waals surface area contributed by atoms with E-state index in [4.69, 9.17) is 10.5 Å². The lowest BCUT2D eigenvalue weighted by atomic mass is 10.1. The number of nitrogens with zero attached hydrogens (tertiary/aromatic N) is 1. The van der Waals surface area contributed by atoms with Crippen LogP contribution in [0.3, 0.4) is 0 Å². The van der Waals surface area contributed by atoms with E-state index in [1.165, 1.54) is 11.5 Å². The van der Waals surface area contributed by atoms with Gasteiger partial charge in [-0.05, 0) is 48.8 Å². The van der Waals surface area contributed by atoms with Crippen molar-refractivity contribution in [1.82, 2.24) is 4.37 Å². The zero-order valence-electron chi connectivity index (χ0n) is 11.8. The number of anilines is 2. The van der Waals surface area contributed by atoms with Gasteiger partial charge in [-0.25, -0.2) is 0 Å². The van der Waals surface area contributed by atoms with E-state index >= 15 is 0 Å². The molecule has 0 aliphatic carbocycles. The number of hydrogen-bond donors (Lipinski definition) is 2. The summed E-state index contributed by atoms with van der Waals surface area (Å²) in [6, 6.07) is 14.1. The summed E-state index contributed by atoms with van der Waals surface area (Å²) in [5.41, 5.74) is 8.80. The number of ether oxygens (including phenoxy) is 1. The molecule has 0 saturated heterocycles. The molecule has 0 saturated carbocycles. The molecule has 4 nitrogen and oxygen atoms in total. The fraction of sp³-hybridized carbons (Fsp3) is 0.188. The second-order valence-electron chi connectivity index (χ2n) is 4.61.